The lowest BCUT2D eigenvalue weighted by atomic mass is 10.2. The highest BCUT2D eigenvalue weighted by atomic mass is 32.2. The Kier molecular flexibility index (Phi) is 6.78. The molecule has 0 aliphatic carbocycles. The van der Waals surface area contributed by atoms with Gasteiger partial charge in [0.25, 0.3) is 10.0 Å². The lowest BCUT2D eigenvalue weighted by molar-refractivity contribution is -0.139. The van der Waals surface area contributed by atoms with Crippen molar-refractivity contribution in [1.82, 2.24) is 0 Å². The second-order valence-electron chi connectivity index (χ2n) is 5.14. The van der Waals surface area contributed by atoms with E-state index in [1.807, 2.05) is 13.0 Å². The van der Waals surface area contributed by atoms with Gasteiger partial charge in [-0.3, -0.25) is 4.79 Å². The van der Waals surface area contributed by atoms with E-state index >= 15 is 0 Å². The van der Waals surface area contributed by atoms with E-state index < -0.39 is 16.0 Å². The van der Waals surface area contributed by atoms with Crippen LogP contribution in [-0.2, 0) is 19.6 Å². The van der Waals surface area contributed by atoms with Crippen LogP contribution in [0, 0.1) is 6.92 Å². The van der Waals surface area contributed by atoms with Crippen LogP contribution in [0.25, 0.3) is 0 Å². The molecule has 0 aromatic heterocycles. The molecule has 0 fully saturated rings. The van der Waals surface area contributed by atoms with E-state index in [1.165, 1.54) is 12.1 Å². The van der Waals surface area contributed by atoms with Crippen molar-refractivity contribution in [2.75, 3.05) is 12.4 Å². The molecule has 2 aromatic rings. The van der Waals surface area contributed by atoms with Crippen molar-refractivity contribution < 1.29 is 17.9 Å². The van der Waals surface area contributed by atoms with Gasteiger partial charge in [0.2, 0.25) is 0 Å². The smallest absolute Gasteiger partial charge is 0.316 e. The Morgan fingerprint density at radius 2 is 1.72 bits per heavy atom. The predicted octanol–water partition coefficient (Wildman–Crippen LogP) is 3.43. The minimum atomic E-state index is -3.87. The van der Waals surface area contributed by atoms with Crippen molar-refractivity contribution in [2.45, 2.75) is 18.7 Å². The Hall–Kier alpha value is -2.12. The van der Waals surface area contributed by atoms with Crippen molar-refractivity contribution in [2.24, 2.45) is 4.40 Å². The summed E-state index contributed by atoms with van der Waals surface area (Å²) in [6.45, 7) is 3.87. The van der Waals surface area contributed by atoms with Gasteiger partial charge in [-0.1, -0.05) is 59.8 Å². The number of aryl methyl sites for hydroxylation is 1. The predicted molar refractivity (Wildman–Crippen MR) is 100 cm³/mol. The molecule has 132 valence electrons. The first-order valence-electron chi connectivity index (χ1n) is 7.68. The molecule has 0 atom stereocenters. The summed E-state index contributed by atoms with van der Waals surface area (Å²) in [6.07, 6.45) is 0. The van der Waals surface area contributed by atoms with Gasteiger partial charge in [-0.2, -0.15) is 12.8 Å². The number of nitrogens with zero attached hydrogens (tertiary/aromatic N) is 1. The van der Waals surface area contributed by atoms with Crippen molar-refractivity contribution >= 4 is 32.8 Å². The molecule has 0 N–H and O–H groups in total. The van der Waals surface area contributed by atoms with Gasteiger partial charge >= 0.3 is 5.97 Å². The van der Waals surface area contributed by atoms with Crippen LogP contribution in [0.2, 0.25) is 0 Å². The summed E-state index contributed by atoms with van der Waals surface area (Å²) in [6, 6.07) is 15.4. The van der Waals surface area contributed by atoms with E-state index in [0.29, 0.717) is 5.56 Å². The van der Waals surface area contributed by atoms with Crippen molar-refractivity contribution in [3.63, 3.8) is 0 Å². The summed E-state index contributed by atoms with van der Waals surface area (Å²) >= 11 is 1.04. The Labute approximate surface area is 152 Å². The van der Waals surface area contributed by atoms with E-state index in [0.717, 1.165) is 17.3 Å². The Morgan fingerprint density at radius 1 is 1.08 bits per heavy atom. The highest BCUT2D eigenvalue weighted by molar-refractivity contribution is 8.15. The maximum absolute atomic E-state index is 12.6. The fraction of sp³-hybridized carbons (Fsp3) is 0.222. The summed E-state index contributed by atoms with van der Waals surface area (Å²) < 4.78 is 34.0. The van der Waals surface area contributed by atoms with Crippen LogP contribution >= 0.6 is 11.8 Å². The van der Waals surface area contributed by atoms with Gasteiger partial charge in [0.1, 0.15) is 5.04 Å². The first kappa shape index (κ1) is 19.2. The van der Waals surface area contributed by atoms with Crippen molar-refractivity contribution in [3.05, 3.63) is 65.7 Å². The third-order valence-electron chi connectivity index (χ3n) is 3.17. The molecule has 5 nitrogen and oxygen atoms in total. The molecule has 0 aliphatic rings. The molecule has 0 bridgehead atoms. The Balaban J connectivity index is 2.35. The van der Waals surface area contributed by atoms with Gasteiger partial charge in [0.05, 0.1) is 17.3 Å². The number of thioether (sulfide) groups is 1. The highest BCUT2D eigenvalue weighted by Crippen LogP contribution is 2.20. The maximum Gasteiger partial charge on any atom is 0.316 e. The molecule has 0 saturated heterocycles. The second-order valence-corrected chi connectivity index (χ2v) is 7.71. The molecule has 0 spiro atoms. The third kappa shape index (κ3) is 5.72. The lowest BCUT2D eigenvalue weighted by Gasteiger charge is -2.07. The van der Waals surface area contributed by atoms with E-state index in [-0.39, 0.29) is 22.3 Å². The average Bonchev–Trinajstić information content (AvgIpc) is 2.60. The summed E-state index contributed by atoms with van der Waals surface area (Å²) in [7, 11) is -3.87. The van der Waals surface area contributed by atoms with E-state index in [2.05, 4.69) is 4.40 Å². The number of ether oxygens (including phenoxy) is 1. The zero-order valence-corrected chi connectivity index (χ0v) is 15.6. The summed E-state index contributed by atoms with van der Waals surface area (Å²) in [5.41, 5.74) is 1.59. The van der Waals surface area contributed by atoms with Gasteiger partial charge < -0.3 is 4.74 Å². The third-order valence-corrected chi connectivity index (χ3v) is 5.56. The van der Waals surface area contributed by atoms with Crippen LogP contribution in [0.1, 0.15) is 18.1 Å². The van der Waals surface area contributed by atoms with Gasteiger partial charge in [0.15, 0.2) is 0 Å². The maximum atomic E-state index is 12.6. The van der Waals surface area contributed by atoms with Crippen LogP contribution in [-0.4, -0.2) is 31.8 Å². The normalized spacial score (nSPS) is 12.0. The average molecular weight is 377 g/mol. The first-order chi connectivity index (χ1) is 11.9. The van der Waals surface area contributed by atoms with Crippen LogP contribution in [0.4, 0.5) is 0 Å². The number of carbonyl (C=O) groups excluding carboxylic acids is 1. The first-order valence-corrected chi connectivity index (χ1v) is 10.1. The Bertz CT molecular complexity index is 844. The molecule has 0 heterocycles. The largest absolute Gasteiger partial charge is 0.465 e. The Morgan fingerprint density at radius 3 is 2.32 bits per heavy atom. The number of sulfonamides is 1. The molecule has 2 rings (SSSR count). The molecule has 0 aliphatic heterocycles. The molecule has 0 amide bonds. The quantitative estimate of drug-likeness (QED) is 0.438. The van der Waals surface area contributed by atoms with Gasteiger partial charge in [0, 0.05) is 5.56 Å². The molecule has 0 radical (unpaired) electrons. The number of esters is 1. The number of rotatable bonds is 6. The minimum absolute atomic E-state index is 0.00894. The highest BCUT2D eigenvalue weighted by Gasteiger charge is 2.17. The van der Waals surface area contributed by atoms with E-state index in [4.69, 9.17) is 4.74 Å². The minimum Gasteiger partial charge on any atom is -0.465 e. The topological polar surface area (TPSA) is 72.8 Å². The number of carbonyl (C=O) groups is 1. The molecule has 2 aromatic carbocycles. The van der Waals surface area contributed by atoms with Crippen LogP contribution < -0.4 is 0 Å². The van der Waals surface area contributed by atoms with Crippen molar-refractivity contribution in [3.8, 4) is 0 Å². The molecule has 25 heavy (non-hydrogen) atoms. The van der Waals surface area contributed by atoms with E-state index in [1.54, 1.807) is 43.3 Å². The van der Waals surface area contributed by atoms with Gasteiger partial charge in [-0.15, -0.1) is 0 Å². The monoisotopic (exact) mass is 377 g/mol. The summed E-state index contributed by atoms with van der Waals surface area (Å²) in [5, 5.41) is 0.259. The zero-order chi connectivity index (χ0) is 18.3. The molecule has 0 unspecified atom stereocenters. The van der Waals surface area contributed by atoms with E-state index in [9.17, 15) is 13.2 Å². The number of benzene rings is 2. The fourth-order valence-corrected chi connectivity index (χ4v) is 4.00. The van der Waals surface area contributed by atoms with Crippen LogP contribution in [0.15, 0.2) is 63.9 Å². The summed E-state index contributed by atoms with van der Waals surface area (Å²) in [5.74, 6) is -0.422. The summed E-state index contributed by atoms with van der Waals surface area (Å²) in [4.78, 5) is 11.7. The van der Waals surface area contributed by atoms with Gasteiger partial charge in [-0.25, -0.2) is 0 Å². The standard InChI is InChI=1S/C18H19NO4S2/c1-3-23-17(20)13-24-18(15-7-5-4-6-8-15)19-25(21,22)16-11-9-14(2)10-12-16/h4-12H,3,13H2,1-2H3/b19-18-. The second kappa shape index (κ2) is 8.82. The van der Waals surface area contributed by atoms with Crippen LogP contribution in [0.3, 0.4) is 0 Å². The van der Waals surface area contributed by atoms with Gasteiger partial charge in [-0.05, 0) is 26.0 Å². The lowest BCUT2D eigenvalue weighted by Crippen LogP contribution is -2.11. The van der Waals surface area contributed by atoms with Crippen LogP contribution in [0.5, 0.6) is 0 Å². The number of hydrogen-bond acceptors (Lipinski definition) is 5. The molecule has 7 heteroatoms. The molecular formula is C18H19NO4S2. The number of hydrogen-bond donors (Lipinski definition) is 0. The van der Waals surface area contributed by atoms with Crippen molar-refractivity contribution in [1.29, 1.82) is 0 Å². The molecular weight excluding hydrogens is 358 g/mol. The SMILES string of the molecule is CCOC(=O)CS/C(=N\S(=O)(=O)c1ccc(C)cc1)c1ccccc1. The molecule has 0 saturated carbocycles. The zero-order valence-electron chi connectivity index (χ0n) is 14.0. The fourth-order valence-electron chi connectivity index (χ4n) is 1.95.